The minimum Gasteiger partial charge on any atom is -0.379 e. The summed E-state index contributed by atoms with van der Waals surface area (Å²) in [7, 11) is 1.87. The lowest BCUT2D eigenvalue weighted by Gasteiger charge is -2.23. The lowest BCUT2D eigenvalue weighted by Crippen LogP contribution is -2.30. The van der Waals surface area contributed by atoms with E-state index in [1.165, 1.54) is 0 Å². The number of ether oxygens (including phenoxy) is 1. The molecule has 94 valence electrons. The first-order valence-electron chi connectivity index (χ1n) is 6.21. The molecular formula is C12H20N4O. The topological polar surface area (TPSA) is 59.1 Å². The third-order valence-corrected chi connectivity index (χ3v) is 2.86. The van der Waals surface area contributed by atoms with E-state index in [1.54, 1.807) is 0 Å². The van der Waals surface area contributed by atoms with Gasteiger partial charge in [0.25, 0.3) is 0 Å². The predicted octanol–water partition coefficient (Wildman–Crippen LogP) is 1.67. The molecule has 2 heterocycles. The highest BCUT2D eigenvalue weighted by Crippen LogP contribution is 2.15. The summed E-state index contributed by atoms with van der Waals surface area (Å²) in [4.78, 5) is 8.85. The molecule has 17 heavy (non-hydrogen) atoms. The van der Waals surface area contributed by atoms with Crippen molar-refractivity contribution in [2.24, 2.45) is 0 Å². The van der Waals surface area contributed by atoms with Gasteiger partial charge in [-0.25, -0.2) is 9.97 Å². The number of rotatable bonds is 4. The molecule has 1 atom stereocenters. The molecule has 0 aromatic carbocycles. The van der Waals surface area contributed by atoms with Crippen LogP contribution in [0.2, 0.25) is 0 Å². The van der Waals surface area contributed by atoms with E-state index in [0.29, 0.717) is 6.04 Å². The molecule has 0 amide bonds. The third kappa shape index (κ3) is 3.30. The van der Waals surface area contributed by atoms with Gasteiger partial charge in [-0.15, -0.1) is 0 Å². The van der Waals surface area contributed by atoms with Gasteiger partial charge in [0, 0.05) is 26.1 Å². The van der Waals surface area contributed by atoms with Gasteiger partial charge in [0.05, 0.1) is 12.6 Å². The van der Waals surface area contributed by atoms with Gasteiger partial charge in [0.15, 0.2) is 0 Å². The molecule has 1 aromatic rings. The fourth-order valence-electron chi connectivity index (χ4n) is 1.92. The Morgan fingerprint density at radius 1 is 1.41 bits per heavy atom. The quantitative estimate of drug-likeness (QED) is 0.832. The molecule has 1 aliphatic rings. The monoisotopic (exact) mass is 236 g/mol. The lowest BCUT2D eigenvalue weighted by molar-refractivity contribution is 0.0875. The number of hydrogen-bond donors (Lipinski definition) is 2. The molecule has 1 saturated heterocycles. The second-order valence-corrected chi connectivity index (χ2v) is 4.22. The molecule has 0 saturated carbocycles. The van der Waals surface area contributed by atoms with E-state index in [4.69, 9.17) is 4.74 Å². The summed E-state index contributed by atoms with van der Waals surface area (Å²) in [5.74, 6) is 2.60. The Hall–Kier alpha value is -1.36. The van der Waals surface area contributed by atoms with Crippen LogP contribution in [0.5, 0.6) is 0 Å². The lowest BCUT2D eigenvalue weighted by atomic mass is 10.1. The van der Waals surface area contributed by atoms with Gasteiger partial charge in [-0.05, 0) is 12.8 Å². The molecular weight excluding hydrogens is 216 g/mol. The zero-order valence-corrected chi connectivity index (χ0v) is 10.5. The van der Waals surface area contributed by atoms with Gasteiger partial charge in [0.2, 0.25) is 0 Å². The second kappa shape index (κ2) is 5.82. The molecule has 0 spiro atoms. The van der Waals surface area contributed by atoms with Gasteiger partial charge in [-0.1, -0.05) is 6.92 Å². The van der Waals surface area contributed by atoms with Gasteiger partial charge in [-0.2, -0.15) is 0 Å². The van der Waals surface area contributed by atoms with Gasteiger partial charge in [-0.3, -0.25) is 0 Å². The predicted molar refractivity (Wildman–Crippen MR) is 68.4 cm³/mol. The zero-order chi connectivity index (χ0) is 12.1. The molecule has 0 radical (unpaired) electrons. The highest BCUT2D eigenvalue weighted by Gasteiger charge is 2.14. The molecule has 2 N–H and O–H groups in total. The van der Waals surface area contributed by atoms with Crippen molar-refractivity contribution in [3.8, 4) is 0 Å². The first-order valence-corrected chi connectivity index (χ1v) is 6.21. The van der Waals surface area contributed by atoms with Crippen LogP contribution in [0, 0.1) is 0 Å². The van der Waals surface area contributed by atoms with Crippen LogP contribution >= 0.6 is 0 Å². The highest BCUT2D eigenvalue weighted by molar-refractivity contribution is 5.47. The summed E-state index contributed by atoms with van der Waals surface area (Å²) in [6, 6.07) is 2.31. The van der Waals surface area contributed by atoms with Crippen molar-refractivity contribution in [2.75, 3.05) is 30.9 Å². The summed E-state index contributed by atoms with van der Waals surface area (Å²) in [5.41, 5.74) is 0. The van der Waals surface area contributed by atoms with Crippen molar-refractivity contribution in [1.29, 1.82) is 0 Å². The van der Waals surface area contributed by atoms with Crippen LogP contribution in [-0.2, 0) is 11.2 Å². The maximum Gasteiger partial charge on any atom is 0.132 e. The van der Waals surface area contributed by atoms with Crippen LogP contribution in [-0.4, -0.2) is 36.3 Å². The van der Waals surface area contributed by atoms with E-state index in [0.717, 1.165) is 49.9 Å². The third-order valence-electron chi connectivity index (χ3n) is 2.86. The number of anilines is 2. The summed E-state index contributed by atoms with van der Waals surface area (Å²) >= 11 is 0. The molecule has 2 rings (SSSR count). The zero-order valence-electron chi connectivity index (χ0n) is 10.5. The summed E-state index contributed by atoms with van der Waals surface area (Å²) in [6.45, 7) is 3.70. The molecule has 5 nitrogen and oxygen atoms in total. The van der Waals surface area contributed by atoms with Crippen molar-refractivity contribution in [3.05, 3.63) is 11.9 Å². The van der Waals surface area contributed by atoms with E-state index in [1.807, 2.05) is 13.1 Å². The summed E-state index contributed by atoms with van der Waals surface area (Å²) in [5, 5.41) is 6.47. The Labute approximate surface area is 102 Å². The SMILES string of the molecule is CCc1nc(NC)cc(NC2CCCOC2)n1. The van der Waals surface area contributed by atoms with E-state index in [-0.39, 0.29) is 0 Å². The van der Waals surface area contributed by atoms with Crippen LogP contribution in [0.25, 0.3) is 0 Å². The second-order valence-electron chi connectivity index (χ2n) is 4.22. The maximum absolute atomic E-state index is 5.45. The van der Waals surface area contributed by atoms with Crippen molar-refractivity contribution < 1.29 is 4.74 Å². The smallest absolute Gasteiger partial charge is 0.132 e. The Balaban J connectivity index is 2.07. The highest BCUT2D eigenvalue weighted by atomic mass is 16.5. The first kappa shape index (κ1) is 12.1. The number of nitrogens with one attached hydrogen (secondary N) is 2. The van der Waals surface area contributed by atoms with Gasteiger partial charge >= 0.3 is 0 Å². The fourth-order valence-corrected chi connectivity index (χ4v) is 1.92. The number of aromatic nitrogens is 2. The van der Waals surface area contributed by atoms with Crippen LogP contribution in [0.15, 0.2) is 6.07 Å². The van der Waals surface area contributed by atoms with E-state index < -0.39 is 0 Å². The Kier molecular flexibility index (Phi) is 4.14. The molecule has 0 aliphatic carbocycles. The normalized spacial score (nSPS) is 20.0. The Morgan fingerprint density at radius 3 is 2.88 bits per heavy atom. The van der Waals surface area contributed by atoms with Crippen LogP contribution in [0.3, 0.4) is 0 Å². The molecule has 5 heteroatoms. The molecule has 0 bridgehead atoms. The van der Waals surface area contributed by atoms with Crippen molar-refractivity contribution in [2.45, 2.75) is 32.2 Å². The van der Waals surface area contributed by atoms with Crippen molar-refractivity contribution in [1.82, 2.24) is 9.97 Å². The number of nitrogens with zero attached hydrogens (tertiary/aromatic N) is 2. The fraction of sp³-hybridized carbons (Fsp3) is 0.667. The Morgan fingerprint density at radius 2 is 2.24 bits per heavy atom. The number of aryl methyl sites for hydroxylation is 1. The van der Waals surface area contributed by atoms with E-state index in [2.05, 4.69) is 27.5 Å². The molecule has 1 aliphatic heterocycles. The minimum atomic E-state index is 0.369. The van der Waals surface area contributed by atoms with Gasteiger partial charge in [0.1, 0.15) is 17.5 Å². The van der Waals surface area contributed by atoms with E-state index in [9.17, 15) is 0 Å². The summed E-state index contributed by atoms with van der Waals surface area (Å²) < 4.78 is 5.45. The molecule has 1 fully saturated rings. The summed E-state index contributed by atoms with van der Waals surface area (Å²) in [6.07, 6.45) is 3.09. The molecule has 1 aromatic heterocycles. The maximum atomic E-state index is 5.45. The minimum absolute atomic E-state index is 0.369. The van der Waals surface area contributed by atoms with Gasteiger partial charge < -0.3 is 15.4 Å². The average molecular weight is 236 g/mol. The van der Waals surface area contributed by atoms with Crippen LogP contribution in [0.4, 0.5) is 11.6 Å². The average Bonchev–Trinajstić information content (AvgIpc) is 2.39. The van der Waals surface area contributed by atoms with Crippen molar-refractivity contribution >= 4 is 11.6 Å². The van der Waals surface area contributed by atoms with Crippen LogP contribution < -0.4 is 10.6 Å². The molecule has 1 unspecified atom stereocenters. The van der Waals surface area contributed by atoms with Crippen molar-refractivity contribution in [3.63, 3.8) is 0 Å². The van der Waals surface area contributed by atoms with Crippen LogP contribution in [0.1, 0.15) is 25.6 Å². The standard InChI is InChI=1S/C12H20N4O/c1-3-10-15-11(13-2)7-12(16-10)14-9-5-4-6-17-8-9/h7,9H,3-6,8H2,1-2H3,(H2,13,14,15,16). The number of hydrogen-bond acceptors (Lipinski definition) is 5. The largest absolute Gasteiger partial charge is 0.379 e. The van der Waals surface area contributed by atoms with E-state index >= 15 is 0 Å². The Bertz CT molecular complexity index is 341. The first-order chi connectivity index (χ1) is 8.31.